The number of carboxylic acids is 1. The first kappa shape index (κ1) is 13.4. The highest BCUT2D eigenvalue weighted by Gasteiger charge is 2.14. The smallest absolute Gasteiger partial charge is 0.317 e. The zero-order valence-corrected chi connectivity index (χ0v) is 9.49. The molecule has 0 fully saturated rings. The molecule has 1 atom stereocenters. The normalized spacial score (nSPS) is 13.6. The van der Waals surface area contributed by atoms with Gasteiger partial charge in [0, 0.05) is 20.2 Å². The Labute approximate surface area is 85.9 Å². The SMILES string of the molecule is COC(C)CN(CC(=O)O)CC(C)C. The van der Waals surface area contributed by atoms with Gasteiger partial charge in [-0.3, -0.25) is 9.69 Å². The monoisotopic (exact) mass is 203 g/mol. The summed E-state index contributed by atoms with van der Waals surface area (Å²) in [5.74, 6) is -0.313. The fourth-order valence-electron chi connectivity index (χ4n) is 1.35. The Hall–Kier alpha value is -0.610. The molecule has 0 rings (SSSR count). The van der Waals surface area contributed by atoms with Gasteiger partial charge in [-0.05, 0) is 12.8 Å². The van der Waals surface area contributed by atoms with E-state index in [0.29, 0.717) is 12.5 Å². The molecule has 0 aliphatic carbocycles. The van der Waals surface area contributed by atoms with Crippen LogP contribution in [0.25, 0.3) is 0 Å². The van der Waals surface area contributed by atoms with E-state index in [1.807, 2.05) is 11.8 Å². The predicted molar refractivity (Wildman–Crippen MR) is 55.4 cm³/mol. The Morgan fingerprint density at radius 1 is 1.36 bits per heavy atom. The van der Waals surface area contributed by atoms with Crippen LogP contribution >= 0.6 is 0 Å². The highest BCUT2D eigenvalue weighted by molar-refractivity contribution is 5.69. The number of rotatable bonds is 7. The van der Waals surface area contributed by atoms with Crippen molar-refractivity contribution in [2.45, 2.75) is 26.9 Å². The lowest BCUT2D eigenvalue weighted by Gasteiger charge is -2.24. The summed E-state index contributed by atoms with van der Waals surface area (Å²) in [5.41, 5.74) is 0. The van der Waals surface area contributed by atoms with E-state index >= 15 is 0 Å². The zero-order chi connectivity index (χ0) is 11.1. The van der Waals surface area contributed by atoms with E-state index in [4.69, 9.17) is 9.84 Å². The number of carbonyl (C=O) groups is 1. The summed E-state index contributed by atoms with van der Waals surface area (Å²) in [4.78, 5) is 12.5. The van der Waals surface area contributed by atoms with Crippen molar-refractivity contribution in [2.24, 2.45) is 5.92 Å². The van der Waals surface area contributed by atoms with Crippen LogP contribution in [0.5, 0.6) is 0 Å². The third-order valence-corrected chi connectivity index (χ3v) is 1.90. The fourth-order valence-corrected chi connectivity index (χ4v) is 1.35. The van der Waals surface area contributed by atoms with Gasteiger partial charge in [0.05, 0.1) is 12.6 Å². The second-order valence-electron chi connectivity index (χ2n) is 4.03. The second kappa shape index (κ2) is 6.79. The lowest BCUT2D eigenvalue weighted by molar-refractivity contribution is -0.138. The molecule has 0 saturated carbocycles. The molecule has 0 spiro atoms. The molecule has 0 aliphatic heterocycles. The first-order valence-corrected chi connectivity index (χ1v) is 4.92. The van der Waals surface area contributed by atoms with Crippen molar-refractivity contribution < 1.29 is 14.6 Å². The lowest BCUT2D eigenvalue weighted by Crippen LogP contribution is -2.38. The molecule has 1 N–H and O–H groups in total. The number of hydrogen-bond acceptors (Lipinski definition) is 3. The van der Waals surface area contributed by atoms with Crippen molar-refractivity contribution in [1.82, 2.24) is 4.90 Å². The molecule has 0 aliphatic rings. The van der Waals surface area contributed by atoms with Crippen molar-refractivity contribution in [3.63, 3.8) is 0 Å². The van der Waals surface area contributed by atoms with Crippen LogP contribution < -0.4 is 0 Å². The molecule has 4 heteroatoms. The number of carboxylic acid groups (broad SMARTS) is 1. The molecule has 0 aromatic rings. The highest BCUT2D eigenvalue weighted by Crippen LogP contribution is 2.01. The van der Waals surface area contributed by atoms with Gasteiger partial charge in [-0.1, -0.05) is 13.8 Å². The summed E-state index contributed by atoms with van der Waals surface area (Å²) in [6.45, 7) is 7.64. The molecule has 1 unspecified atom stereocenters. The first-order valence-electron chi connectivity index (χ1n) is 4.92. The number of methoxy groups -OCH3 is 1. The zero-order valence-electron chi connectivity index (χ0n) is 9.49. The van der Waals surface area contributed by atoms with E-state index in [1.165, 1.54) is 0 Å². The molecule has 0 aromatic carbocycles. The molecule has 4 nitrogen and oxygen atoms in total. The Morgan fingerprint density at radius 2 is 1.93 bits per heavy atom. The minimum absolute atomic E-state index is 0.0769. The number of hydrogen-bond donors (Lipinski definition) is 1. The molecule has 84 valence electrons. The number of aliphatic carboxylic acids is 1. The third-order valence-electron chi connectivity index (χ3n) is 1.90. The van der Waals surface area contributed by atoms with Crippen molar-refractivity contribution in [3.05, 3.63) is 0 Å². The standard InChI is InChI=1S/C10H21NO3/c1-8(2)5-11(7-10(12)13)6-9(3)14-4/h8-9H,5-7H2,1-4H3,(H,12,13). The van der Waals surface area contributed by atoms with Crippen molar-refractivity contribution in [1.29, 1.82) is 0 Å². The van der Waals surface area contributed by atoms with Crippen LogP contribution in [-0.4, -0.2) is 48.8 Å². The molecule has 0 bridgehead atoms. The maximum atomic E-state index is 10.6. The van der Waals surface area contributed by atoms with Gasteiger partial charge in [0.25, 0.3) is 0 Å². The number of ether oxygens (including phenoxy) is 1. The number of nitrogens with zero attached hydrogens (tertiary/aromatic N) is 1. The van der Waals surface area contributed by atoms with E-state index in [9.17, 15) is 4.79 Å². The maximum Gasteiger partial charge on any atom is 0.317 e. The van der Waals surface area contributed by atoms with Crippen molar-refractivity contribution in [2.75, 3.05) is 26.7 Å². The second-order valence-corrected chi connectivity index (χ2v) is 4.03. The average molecular weight is 203 g/mol. The summed E-state index contributed by atoms with van der Waals surface area (Å²) in [6, 6.07) is 0. The van der Waals surface area contributed by atoms with E-state index in [-0.39, 0.29) is 12.6 Å². The van der Waals surface area contributed by atoms with Crippen LogP contribution in [0.2, 0.25) is 0 Å². The van der Waals surface area contributed by atoms with Gasteiger partial charge in [0.2, 0.25) is 0 Å². The summed E-state index contributed by atoms with van der Waals surface area (Å²) in [6.07, 6.45) is 0.0769. The van der Waals surface area contributed by atoms with Crippen LogP contribution in [0.4, 0.5) is 0 Å². The molecule has 0 aromatic heterocycles. The van der Waals surface area contributed by atoms with Crippen LogP contribution in [0.1, 0.15) is 20.8 Å². The van der Waals surface area contributed by atoms with Crippen molar-refractivity contribution in [3.8, 4) is 0 Å². The average Bonchev–Trinajstić information content (AvgIpc) is 2.01. The topological polar surface area (TPSA) is 49.8 Å². The Balaban J connectivity index is 4.03. The Morgan fingerprint density at radius 3 is 2.29 bits per heavy atom. The quantitative estimate of drug-likeness (QED) is 0.672. The molecule has 14 heavy (non-hydrogen) atoms. The van der Waals surface area contributed by atoms with E-state index in [1.54, 1.807) is 7.11 Å². The van der Waals surface area contributed by atoms with Gasteiger partial charge in [-0.15, -0.1) is 0 Å². The first-order chi connectivity index (χ1) is 6.45. The minimum atomic E-state index is -0.783. The maximum absolute atomic E-state index is 10.6. The van der Waals surface area contributed by atoms with Gasteiger partial charge < -0.3 is 9.84 Å². The van der Waals surface area contributed by atoms with Crippen LogP contribution in [-0.2, 0) is 9.53 Å². The molecular weight excluding hydrogens is 182 g/mol. The summed E-state index contributed by atoms with van der Waals surface area (Å²) >= 11 is 0. The Bertz CT molecular complexity index is 171. The van der Waals surface area contributed by atoms with Gasteiger partial charge in [-0.2, -0.15) is 0 Å². The largest absolute Gasteiger partial charge is 0.480 e. The van der Waals surface area contributed by atoms with E-state index < -0.39 is 5.97 Å². The summed E-state index contributed by atoms with van der Waals surface area (Å²) in [5, 5.41) is 8.70. The van der Waals surface area contributed by atoms with Crippen LogP contribution in [0.3, 0.4) is 0 Å². The van der Waals surface area contributed by atoms with Gasteiger partial charge in [0.15, 0.2) is 0 Å². The molecule has 0 amide bonds. The molecule has 0 heterocycles. The van der Waals surface area contributed by atoms with E-state index in [2.05, 4.69) is 13.8 Å². The molecule has 0 saturated heterocycles. The third kappa shape index (κ3) is 6.86. The molecular formula is C10H21NO3. The van der Waals surface area contributed by atoms with Crippen LogP contribution in [0.15, 0.2) is 0 Å². The summed E-state index contributed by atoms with van der Waals surface area (Å²) < 4.78 is 5.11. The summed E-state index contributed by atoms with van der Waals surface area (Å²) in [7, 11) is 1.64. The Kier molecular flexibility index (Phi) is 6.49. The van der Waals surface area contributed by atoms with Gasteiger partial charge in [0.1, 0.15) is 0 Å². The van der Waals surface area contributed by atoms with Crippen molar-refractivity contribution >= 4 is 5.97 Å². The van der Waals surface area contributed by atoms with Gasteiger partial charge in [-0.25, -0.2) is 0 Å². The fraction of sp³-hybridized carbons (Fsp3) is 0.900. The lowest BCUT2D eigenvalue weighted by atomic mass is 10.2. The minimum Gasteiger partial charge on any atom is -0.480 e. The molecule has 0 radical (unpaired) electrons. The van der Waals surface area contributed by atoms with Gasteiger partial charge >= 0.3 is 5.97 Å². The van der Waals surface area contributed by atoms with E-state index in [0.717, 1.165) is 6.54 Å². The van der Waals surface area contributed by atoms with Crippen LogP contribution in [0, 0.1) is 5.92 Å². The predicted octanol–water partition coefficient (Wildman–Crippen LogP) is 1.06. The highest BCUT2D eigenvalue weighted by atomic mass is 16.5.